The van der Waals surface area contributed by atoms with E-state index in [4.69, 9.17) is 0 Å². The molecule has 0 saturated heterocycles. The Labute approximate surface area is 207 Å². The topological polar surface area (TPSA) is 71.1 Å². The Morgan fingerprint density at radius 2 is 1.71 bits per heavy atom. The minimum Gasteiger partial charge on any atom is -0.325 e. The van der Waals surface area contributed by atoms with Crippen LogP contribution in [0.25, 0.3) is 16.3 Å². The summed E-state index contributed by atoms with van der Waals surface area (Å²) in [6.45, 7) is 6.06. The van der Waals surface area contributed by atoms with Gasteiger partial charge in [0.2, 0.25) is 11.8 Å². The highest BCUT2D eigenvalue weighted by Gasteiger charge is 2.12. The Kier molecular flexibility index (Phi) is 7.45. The standard InChI is InChI=1S/C27H25N3O2S2/c1-17-13-18(2)26(19(3)14-17)30-25(32)16-33-27-29-22-11-10-21(15-23(22)34-27)28-24(31)12-9-20-7-5-4-6-8-20/h4-15H,16H2,1-3H3,(H,28,31)(H,30,32)/b12-9-. The Morgan fingerprint density at radius 3 is 2.44 bits per heavy atom. The fraction of sp³-hybridized carbons (Fsp3) is 0.148. The second kappa shape index (κ2) is 10.7. The van der Waals surface area contributed by atoms with E-state index in [-0.39, 0.29) is 17.6 Å². The van der Waals surface area contributed by atoms with Gasteiger partial charge in [-0.3, -0.25) is 9.59 Å². The Morgan fingerprint density at radius 1 is 0.971 bits per heavy atom. The molecule has 0 aliphatic heterocycles. The summed E-state index contributed by atoms with van der Waals surface area (Å²) in [4.78, 5) is 29.4. The maximum Gasteiger partial charge on any atom is 0.248 e. The SMILES string of the molecule is Cc1cc(C)c(NC(=O)CSc2nc3ccc(NC(=O)/C=C\c4ccccc4)cc3s2)c(C)c1. The van der Waals surface area contributed by atoms with Crippen molar-refractivity contribution in [2.45, 2.75) is 25.1 Å². The largest absolute Gasteiger partial charge is 0.325 e. The number of benzene rings is 3. The van der Waals surface area contributed by atoms with Crippen molar-refractivity contribution >= 4 is 62.6 Å². The number of hydrogen-bond acceptors (Lipinski definition) is 5. The van der Waals surface area contributed by atoms with E-state index in [1.165, 1.54) is 34.7 Å². The first-order valence-electron chi connectivity index (χ1n) is 10.8. The summed E-state index contributed by atoms with van der Waals surface area (Å²) in [6.07, 6.45) is 3.30. The maximum atomic E-state index is 12.5. The first-order valence-corrected chi connectivity index (χ1v) is 12.6. The fourth-order valence-corrected chi connectivity index (χ4v) is 5.55. The van der Waals surface area contributed by atoms with Gasteiger partial charge in [0.25, 0.3) is 0 Å². The number of aryl methyl sites for hydroxylation is 3. The van der Waals surface area contributed by atoms with Gasteiger partial charge in [0.05, 0.1) is 16.0 Å². The molecule has 2 N–H and O–H groups in total. The Bertz CT molecular complexity index is 1350. The van der Waals surface area contributed by atoms with Crippen LogP contribution in [0.5, 0.6) is 0 Å². The highest BCUT2D eigenvalue weighted by molar-refractivity contribution is 8.01. The summed E-state index contributed by atoms with van der Waals surface area (Å²) in [7, 11) is 0. The van der Waals surface area contributed by atoms with Gasteiger partial charge in [-0.15, -0.1) is 11.3 Å². The number of thiazole rings is 1. The fourth-order valence-electron chi connectivity index (χ4n) is 3.64. The number of nitrogens with one attached hydrogen (secondary N) is 2. The molecule has 1 aromatic heterocycles. The van der Waals surface area contributed by atoms with Gasteiger partial charge in [-0.05, 0) is 61.7 Å². The number of carbonyl (C=O) groups is 2. The zero-order chi connectivity index (χ0) is 24.1. The van der Waals surface area contributed by atoms with Crippen LogP contribution in [-0.2, 0) is 9.59 Å². The predicted molar refractivity (Wildman–Crippen MR) is 144 cm³/mol. The van der Waals surface area contributed by atoms with Gasteiger partial charge in [-0.2, -0.15) is 0 Å². The number of aromatic nitrogens is 1. The van der Waals surface area contributed by atoms with Crippen molar-refractivity contribution in [2.75, 3.05) is 16.4 Å². The van der Waals surface area contributed by atoms with E-state index in [9.17, 15) is 9.59 Å². The second-order valence-corrected chi connectivity index (χ2v) is 10.3. The molecule has 4 rings (SSSR count). The summed E-state index contributed by atoms with van der Waals surface area (Å²) in [5.41, 5.74) is 6.69. The lowest BCUT2D eigenvalue weighted by molar-refractivity contribution is -0.114. The molecule has 0 aliphatic carbocycles. The van der Waals surface area contributed by atoms with E-state index in [0.717, 1.165) is 36.9 Å². The molecule has 2 amide bonds. The molecule has 4 aromatic rings. The maximum absolute atomic E-state index is 12.5. The van der Waals surface area contributed by atoms with Crippen LogP contribution in [0.4, 0.5) is 11.4 Å². The van der Waals surface area contributed by atoms with E-state index in [1.54, 1.807) is 6.08 Å². The Hall–Kier alpha value is -3.42. The van der Waals surface area contributed by atoms with Crippen molar-refractivity contribution < 1.29 is 9.59 Å². The van der Waals surface area contributed by atoms with E-state index >= 15 is 0 Å². The monoisotopic (exact) mass is 487 g/mol. The van der Waals surface area contributed by atoms with E-state index in [1.807, 2.05) is 69.3 Å². The van der Waals surface area contributed by atoms with Crippen molar-refractivity contribution in [2.24, 2.45) is 0 Å². The third kappa shape index (κ3) is 6.12. The van der Waals surface area contributed by atoms with Crippen molar-refractivity contribution in [1.82, 2.24) is 4.98 Å². The van der Waals surface area contributed by atoms with Crippen molar-refractivity contribution in [3.63, 3.8) is 0 Å². The van der Waals surface area contributed by atoms with Gasteiger partial charge < -0.3 is 10.6 Å². The van der Waals surface area contributed by atoms with Gasteiger partial charge in [0.15, 0.2) is 4.34 Å². The predicted octanol–water partition coefficient (Wildman–Crippen LogP) is 6.60. The molecule has 5 nitrogen and oxygen atoms in total. The van der Waals surface area contributed by atoms with E-state index in [0.29, 0.717) is 5.69 Å². The molecule has 0 aliphatic rings. The van der Waals surface area contributed by atoms with Gasteiger partial charge in [0, 0.05) is 17.5 Å². The zero-order valence-electron chi connectivity index (χ0n) is 19.2. The van der Waals surface area contributed by atoms with Crippen LogP contribution >= 0.6 is 23.1 Å². The van der Waals surface area contributed by atoms with Gasteiger partial charge in [-0.25, -0.2) is 4.98 Å². The molecule has 3 aromatic carbocycles. The lowest BCUT2D eigenvalue weighted by Gasteiger charge is -2.12. The molecule has 0 saturated carbocycles. The van der Waals surface area contributed by atoms with Gasteiger partial charge in [-0.1, -0.05) is 59.8 Å². The molecular weight excluding hydrogens is 462 g/mol. The smallest absolute Gasteiger partial charge is 0.248 e. The van der Waals surface area contributed by atoms with E-state index < -0.39 is 0 Å². The van der Waals surface area contributed by atoms with Crippen LogP contribution in [0.2, 0.25) is 0 Å². The summed E-state index contributed by atoms with van der Waals surface area (Å²) < 4.78 is 1.77. The van der Waals surface area contributed by atoms with Crippen LogP contribution in [0.15, 0.2) is 71.1 Å². The van der Waals surface area contributed by atoms with Crippen LogP contribution in [0, 0.1) is 20.8 Å². The third-order valence-corrected chi connectivity index (χ3v) is 7.29. The van der Waals surface area contributed by atoms with Crippen molar-refractivity contribution in [3.8, 4) is 0 Å². The average Bonchev–Trinajstić information content (AvgIpc) is 3.21. The molecule has 34 heavy (non-hydrogen) atoms. The van der Waals surface area contributed by atoms with Gasteiger partial charge in [0.1, 0.15) is 0 Å². The summed E-state index contributed by atoms with van der Waals surface area (Å²) in [5.74, 6) is 0.0265. The highest BCUT2D eigenvalue weighted by atomic mass is 32.2. The number of hydrogen-bond donors (Lipinski definition) is 2. The molecular formula is C27H25N3O2S2. The number of carbonyl (C=O) groups excluding carboxylic acids is 2. The molecule has 0 unspecified atom stereocenters. The van der Waals surface area contributed by atoms with Crippen LogP contribution < -0.4 is 10.6 Å². The number of fused-ring (bicyclic) bond motifs is 1. The minimum absolute atomic E-state index is 0.0579. The Balaban J connectivity index is 1.36. The number of nitrogens with zero attached hydrogens (tertiary/aromatic N) is 1. The van der Waals surface area contributed by atoms with Crippen LogP contribution in [0.1, 0.15) is 22.3 Å². The summed E-state index contributed by atoms with van der Waals surface area (Å²) in [5, 5.41) is 5.92. The summed E-state index contributed by atoms with van der Waals surface area (Å²) in [6, 6.07) is 19.4. The van der Waals surface area contributed by atoms with Gasteiger partial charge >= 0.3 is 0 Å². The lowest BCUT2D eigenvalue weighted by Crippen LogP contribution is -2.15. The molecule has 1 heterocycles. The number of rotatable bonds is 7. The zero-order valence-corrected chi connectivity index (χ0v) is 20.8. The average molecular weight is 488 g/mol. The van der Waals surface area contributed by atoms with Crippen molar-refractivity contribution in [1.29, 1.82) is 0 Å². The first-order chi connectivity index (χ1) is 16.4. The number of thioether (sulfide) groups is 1. The lowest BCUT2D eigenvalue weighted by atomic mass is 10.1. The summed E-state index contributed by atoms with van der Waals surface area (Å²) >= 11 is 2.92. The molecule has 7 heteroatoms. The number of amides is 2. The quantitative estimate of drug-likeness (QED) is 0.227. The first kappa shape index (κ1) is 23.7. The normalized spacial score (nSPS) is 11.1. The molecule has 0 fully saturated rings. The molecule has 0 bridgehead atoms. The molecule has 172 valence electrons. The van der Waals surface area contributed by atoms with E-state index in [2.05, 4.69) is 27.8 Å². The van der Waals surface area contributed by atoms with Crippen molar-refractivity contribution in [3.05, 3.63) is 89.0 Å². The van der Waals surface area contributed by atoms with Crippen LogP contribution in [0.3, 0.4) is 0 Å². The molecule has 0 atom stereocenters. The third-order valence-electron chi connectivity index (χ3n) is 5.13. The number of anilines is 2. The molecule has 0 spiro atoms. The highest BCUT2D eigenvalue weighted by Crippen LogP contribution is 2.31. The minimum atomic E-state index is -0.194. The van der Waals surface area contributed by atoms with Crippen LogP contribution in [-0.4, -0.2) is 22.6 Å². The molecule has 0 radical (unpaired) electrons. The second-order valence-electron chi connectivity index (χ2n) is 8.01.